The summed E-state index contributed by atoms with van der Waals surface area (Å²) in [5.41, 5.74) is 5.22. The minimum absolute atomic E-state index is 0.856. The predicted octanol–water partition coefficient (Wildman–Crippen LogP) is 3.72. The second kappa shape index (κ2) is 4.31. The first-order valence-corrected chi connectivity index (χ1v) is 7.00. The molecule has 2 aromatic rings. The molecule has 0 aliphatic heterocycles. The largest absolute Gasteiger partial charge is 0.377 e. The Balaban J connectivity index is 2.51. The van der Waals surface area contributed by atoms with E-state index in [0.717, 1.165) is 23.6 Å². The van der Waals surface area contributed by atoms with Gasteiger partial charge in [-0.15, -0.1) is 0 Å². The summed E-state index contributed by atoms with van der Waals surface area (Å²) >= 11 is 6.52. The van der Waals surface area contributed by atoms with Crippen molar-refractivity contribution in [2.75, 3.05) is 38.0 Å². The van der Waals surface area contributed by atoms with Crippen molar-refractivity contribution >= 4 is 33.7 Å². The molecule has 0 radical (unpaired) electrons. The fraction of sp³-hybridized carbons (Fsp3) is 0.375. The van der Waals surface area contributed by atoms with Crippen molar-refractivity contribution in [1.29, 1.82) is 0 Å². The van der Waals surface area contributed by atoms with Gasteiger partial charge in [0.05, 0.1) is 10.7 Å². The minimum atomic E-state index is 0.856. The van der Waals surface area contributed by atoms with Gasteiger partial charge in [0.2, 0.25) is 0 Å². The highest BCUT2D eigenvalue weighted by molar-refractivity contribution is 6.36. The molecule has 0 saturated carbocycles. The second-order valence-electron chi connectivity index (χ2n) is 5.65. The third-order valence-corrected chi connectivity index (χ3v) is 4.24. The number of benzene rings is 2. The van der Waals surface area contributed by atoms with Gasteiger partial charge < -0.3 is 9.80 Å². The Morgan fingerprint density at radius 3 is 2.21 bits per heavy atom. The van der Waals surface area contributed by atoms with Gasteiger partial charge in [-0.3, -0.25) is 0 Å². The van der Waals surface area contributed by atoms with Crippen molar-refractivity contribution in [2.24, 2.45) is 0 Å². The summed E-state index contributed by atoms with van der Waals surface area (Å²) in [5.74, 6) is 0. The molecule has 1 aliphatic carbocycles. The lowest BCUT2D eigenvalue weighted by Crippen LogP contribution is -2.14. The number of hydrogen-bond donors (Lipinski definition) is 0. The highest BCUT2D eigenvalue weighted by Gasteiger charge is 2.22. The molecular formula is C16H19ClN2. The standard InChI is InChI=1S/C16H19ClN2/c1-18(2)13-8-7-10-5-6-11-9-12(17)16(19(3)4)15(13)14(10)11/h7-9H,5-6H2,1-4H3. The molecule has 0 amide bonds. The highest BCUT2D eigenvalue weighted by Crippen LogP contribution is 2.45. The Morgan fingerprint density at radius 1 is 0.895 bits per heavy atom. The van der Waals surface area contributed by atoms with Crippen molar-refractivity contribution < 1.29 is 0 Å². The van der Waals surface area contributed by atoms with Crippen LogP contribution in [0.25, 0.3) is 10.8 Å². The molecule has 0 heterocycles. The lowest BCUT2D eigenvalue weighted by Gasteiger charge is -2.23. The Labute approximate surface area is 119 Å². The van der Waals surface area contributed by atoms with Crippen LogP contribution in [0.4, 0.5) is 11.4 Å². The number of nitrogens with zero attached hydrogens (tertiary/aromatic N) is 2. The molecule has 3 rings (SSSR count). The van der Waals surface area contributed by atoms with Gasteiger partial charge >= 0.3 is 0 Å². The number of aryl methyl sites for hydroxylation is 2. The van der Waals surface area contributed by atoms with E-state index in [1.807, 2.05) is 0 Å². The molecule has 100 valence electrons. The van der Waals surface area contributed by atoms with Gasteiger partial charge in [0, 0.05) is 39.3 Å². The van der Waals surface area contributed by atoms with Gasteiger partial charge in [0.25, 0.3) is 0 Å². The van der Waals surface area contributed by atoms with Crippen LogP contribution < -0.4 is 9.80 Å². The average Bonchev–Trinajstić information content (AvgIpc) is 2.72. The van der Waals surface area contributed by atoms with Crippen LogP contribution >= 0.6 is 11.6 Å². The number of halogens is 1. The monoisotopic (exact) mass is 274 g/mol. The quantitative estimate of drug-likeness (QED) is 0.823. The fourth-order valence-electron chi connectivity index (χ4n) is 3.14. The van der Waals surface area contributed by atoms with Crippen LogP contribution in [0.15, 0.2) is 18.2 Å². The van der Waals surface area contributed by atoms with Crippen LogP contribution in [0.5, 0.6) is 0 Å². The van der Waals surface area contributed by atoms with E-state index >= 15 is 0 Å². The third-order valence-electron chi connectivity index (χ3n) is 3.95. The molecule has 2 nitrogen and oxygen atoms in total. The highest BCUT2D eigenvalue weighted by atomic mass is 35.5. The molecule has 2 aromatic carbocycles. The van der Waals surface area contributed by atoms with E-state index in [4.69, 9.17) is 11.6 Å². The molecule has 0 saturated heterocycles. The van der Waals surface area contributed by atoms with Crippen LogP contribution in [0, 0.1) is 0 Å². The van der Waals surface area contributed by atoms with Gasteiger partial charge in [0.1, 0.15) is 0 Å². The summed E-state index contributed by atoms with van der Waals surface area (Å²) in [6, 6.07) is 6.63. The molecule has 0 atom stereocenters. The Bertz CT molecular complexity index is 660. The predicted molar refractivity (Wildman–Crippen MR) is 85.0 cm³/mol. The molecule has 0 aromatic heterocycles. The van der Waals surface area contributed by atoms with Crippen LogP contribution in [0.3, 0.4) is 0 Å². The maximum Gasteiger partial charge on any atom is 0.0651 e. The Hall–Kier alpha value is -1.41. The summed E-state index contributed by atoms with van der Waals surface area (Å²) in [6.07, 6.45) is 2.24. The molecule has 0 spiro atoms. The van der Waals surface area contributed by atoms with Crippen molar-refractivity contribution in [3.63, 3.8) is 0 Å². The van der Waals surface area contributed by atoms with Crippen LogP contribution in [-0.2, 0) is 12.8 Å². The minimum Gasteiger partial charge on any atom is -0.377 e. The van der Waals surface area contributed by atoms with Crippen LogP contribution in [-0.4, -0.2) is 28.2 Å². The molecule has 1 aliphatic rings. The molecule has 0 bridgehead atoms. The van der Waals surface area contributed by atoms with Crippen molar-refractivity contribution in [3.05, 3.63) is 34.3 Å². The summed E-state index contributed by atoms with van der Waals surface area (Å²) < 4.78 is 0. The first-order chi connectivity index (χ1) is 9.00. The number of anilines is 2. The first-order valence-electron chi connectivity index (χ1n) is 6.62. The van der Waals surface area contributed by atoms with Crippen LogP contribution in [0.1, 0.15) is 11.1 Å². The van der Waals surface area contributed by atoms with Crippen molar-refractivity contribution in [1.82, 2.24) is 0 Å². The molecular weight excluding hydrogens is 256 g/mol. The summed E-state index contributed by atoms with van der Waals surface area (Å²) in [5, 5.41) is 3.57. The maximum absolute atomic E-state index is 6.52. The van der Waals surface area contributed by atoms with E-state index in [1.54, 1.807) is 0 Å². The van der Waals surface area contributed by atoms with Gasteiger partial charge in [0.15, 0.2) is 0 Å². The topological polar surface area (TPSA) is 6.48 Å². The second-order valence-corrected chi connectivity index (χ2v) is 6.06. The average molecular weight is 275 g/mol. The summed E-state index contributed by atoms with van der Waals surface area (Å²) in [4.78, 5) is 4.29. The maximum atomic E-state index is 6.52. The lowest BCUT2D eigenvalue weighted by molar-refractivity contribution is 1.02. The Kier molecular flexibility index (Phi) is 2.86. The SMILES string of the molecule is CN(C)c1ccc2c3c(cc(Cl)c(N(C)C)c13)CC2. The number of hydrogen-bond acceptors (Lipinski definition) is 2. The third kappa shape index (κ3) is 1.78. The molecule has 0 N–H and O–H groups in total. The van der Waals surface area contributed by atoms with E-state index in [0.29, 0.717) is 0 Å². The van der Waals surface area contributed by atoms with Crippen molar-refractivity contribution in [3.8, 4) is 0 Å². The van der Waals surface area contributed by atoms with Gasteiger partial charge in [-0.05, 0) is 41.5 Å². The smallest absolute Gasteiger partial charge is 0.0651 e. The van der Waals surface area contributed by atoms with E-state index < -0.39 is 0 Å². The normalized spacial score (nSPS) is 13.1. The Morgan fingerprint density at radius 2 is 1.58 bits per heavy atom. The van der Waals surface area contributed by atoms with Crippen molar-refractivity contribution in [2.45, 2.75) is 12.8 Å². The molecule has 0 unspecified atom stereocenters. The van der Waals surface area contributed by atoms with E-state index in [2.05, 4.69) is 56.2 Å². The zero-order chi connectivity index (χ0) is 13.7. The first kappa shape index (κ1) is 12.6. The van der Waals surface area contributed by atoms with Gasteiger partial charge in [-0.25, -0.2) is 0 Å². The number of rotatable bonds is 2. The summed E-state index contributed by atoms with van der Waals surface area (Å²) in [7, 11) is 8.30. The van der Waals surface area contributed by atoms with Crippen LogP contribution in [0.2, 0.25) is 5.02 Å². The summed E-state index contributed by atoms with van der Waals surface area (Å²) in [6.45, 7) is 0. The molecule has 0 fully saturated rings. The zero-order valence-corrected chi connectivity index (χ0v) is 12.7. The zero-order valence-electron chi connectivity index (χ0n) is 11.9. The van der Waals surface area contributed by atoms with Gasteiger partial charge in [-0.2, -0.15) is 0 Å². The van der Waals surface area contributed by atoms with E-state index in [-0.39, 0.29) is 0 Å². The fourth-order valence-corrected chi connectivity index (χ4v) is 3.53. The molecule has 19 heavy (non-hydrogen) atoms. The van der Waals surface area contributed by atoms with E-state index in [9.17, 15) is 0 Å². The van der Waals surface area contributed by atoms with E-state index in [1.165, 1.54) is 27.6 Å². The lowest BCUT2D eigenvalue weighted by atomic mass is 10.0. The molecule has 3 heteroatoms. The van der Waals surface area contributed by atoms with Gasteiger partial charge in [-0.1, -0.05) is 17.7 Å².